The lowest BCUT2D eigenvalue weighted by atomic mass is 10.1. The molecule has 0 radical (unpaired) electrons. The summed E-state index contributed by atoms with van der Waals surface area (Å²) in [6.45, 7) is 3.67. The van der Waals surface area contributed by atoms with Gasteiger partial charge >= 0.3 is 0 Å². The van der Waals surface area contributed by atoms with Crippen LogP contribution in [0.1, 0.15) is 36.5 Å². The summed E-state index contributed by atoms with van der Waals surface area (Å²) >= 11 is 1.52. The molecule has 96 valence electrons. The lowest BCUT2D eigenvalue weighted by Gasteiger charge is -2.19. The highest BCUT2D eigenvalue weighted by atomic mass is 32.1. The van der Waals surface area contributed by atoms with E-state index in [2.05, 4.69) is 10.3 Å². The van der Waals surface area contributed by atoms with Gasteiger partial charge in [0.15, 0.2) is 0 Å². The van der Waals surface area contributed by atoms with Gasteiger partial charge in [-0.15, -0.1) is 11.3 Å². The molecule has 0 spiro atoms. The Bertz CT molecular complexity index is 493. The van der Waals surface area contributed by atoms with Crippen molar-refractivity contribution >= 4 is 11.3 Å². The van der Waals surface area contributed by atoms with Crippen LogP contribution in [0.4, 0.5) is 8.78 Å². The van der Waals surface area contributed by atoms with Crippen LogP contribution in [0.2, 0.25) is 0 Å². The Morgan fingerprint density at radius 2 is 1.83 bits per heavy atom. The van der Waals surface area contributed by atoms with Gasteiger partial charge in [-0.1, -0.05) is 6.07 Å². The fraction of sp³-hybridized carbons (Fsp3) is 0.308. The first-order valence-corrected chi connectivity index (χ1v) is 6.57. The van der Waals surface area contributed by atoms with Crippen LogP contribution in [-0.2, 0) is 0 Å². The van der Waals surface area contributed by atoms with Crippen LogP contribution in [0.25, 0.3) is 0 Å². The maximum Gasteiger partial charge on any atom is 0.130 e. The van der Waals surface area contributed by atoms with Crippen LogP contribution in [0.15, 0.2) is 29.8 Å². The first-order chi connectivity index (χ1) is 8.59. The van der Waals surface area contributed by atoms with Crippen LogP contribution in [-0.4, -0.2) is 4.98 Å². The fourth-order valence-corrected chi connectivity index (χ4v) is 2.56. The van der Waals surface area contributed by atoms with Crippen LogP contribution in [0, 0.1) is 11.6 Å². The molecule has 2 unspecified atom stereocenters. The number of aromatic nitrogens is 1. The van der Waals surface area contributed by atoms with Gasteiger partial charge in [0.05, 0.1) is 6.04 Å². The highest BCUT2D eigenvalue weighted by molar-refractivity contribution is 7.09. The van der Waals surface area contributed by atoms with Crippen molar-refractivity contribution in [1.29, 1.82) is 0 Å². The minimum atomic E-state index is -0.527. The molecule has 1 heterocycles. The molecule has 0 aliphatic heterocycles. The van der Waals surface area contributed by atoms with E-state index in [1.165, 1.54) is 29.5 Å². The fourth-order valence-electron chi connectivity index (χ4n) is 1.90. The highest BCUT2D eigenvalue weighted by Crippen LogP contribution is 2.24. The second-order valence-electron chi connectivity index (χ2n) is 4.12. The van der Waals surface area contributed by atoms with Gasteiger partial charge < -0.3 is 5.32 Å². The first-order valence-electron chi connectivity index (χ1n) is 5.69. The van der Waals surface area contributed by atoms with Gasteiger partial charge in [-0.3, -0.25) is 0 Å². The van der Waals surface area contributed by atoms with Crippen molar-refractivity contribution in [3.63, 3.8) is 0 Å². The van der Waals surface area contributed by atoms with E-state index in [0.717, 1.165) is 5.01 Å². The minimum absolute atomic E-state index is 0.0426. The van der Waals surface area contributed by atoms with Crippen LogP contribution in [0.3, 0.4) is 0 Å². The molecule has 0 amide bonds. The van der Waals surface area contributed by atoms with Gasteiger partial charge in [-0.05, 0) is 26.0 Å². The summed E-state index contributed by atoms with van der Waals surface area (Å²) in [6, 6.07) is 3.45. The van der Waals surface area contributed by atoms with Gasteiger partial charge in [-0.25, -0.2) is 13.8 Å². The molecule has 2 nitrogen and oxygen atoms in total. The van der Waals surface area contributed by atoms with Gasteiger partial charge in [0.25, 0.3) is 0 Å². The topological polar surface area (TPSA) is 24.9 Å². The Hall–Kier alpha value is -1.33. The number of rotatable bonds is 4. The molecule has 0 aliphatic carbocycles. The smallest absolute Gasteiger partial charge is 0.130 e. The van der Waals surface area contributed by atoms with E-state index in [-0.39, 0.29) is 11.6 Å². The number of hydrogen-bond acceptors (Lipinski definition) is 3. The number of thiazole rings is 1. The zero-order chi connectivity index (χ0) is 13.1. The molecule has 0 fully saturated rings. The number of halogens is 2. The summed E-state index contributed by atoms with van der Waals surface area (Å²) in [5.41, 5.74) is 0.0703. The monoisotopic (exact) mass is 268 g/mol. The zero-order valence-electron chi connectivity index (χ0n) is 10.2. The molecule has 2 aromatic rings. The van der Waals surface area contributed by atoms with Gasteiger partial charge in [0, 0.05) is 23.2 Å². The maximum absolute atomic E-state index is 13.6. The summed E-state index contributed by atoms with van der Waals surface area (Å²) in [4.78, 5) is 4.18. The molecule has 2 rings (SSSR count). The molecule has 0 saturated heterocycles. The molecule has 0 bridgehead atoms. The van der Waals surface area contributed by atoms with Crippen LogP contribution in [0.5, 0.6) is 0 Å². The molecule has 1 N–H and O–H groups in total. The Labute approximate surface area is 109 Å². The SMILES string of the molecule is CC(NC(C)c1c(F)cccc1F)c1nccs1. The molecular weight excluding hydrogens is 254 g/mol. The zero-order valence-corrected chi connectivity index (χ0v) is 11.0. The Morgan fingerprint density at radius 1 is 1.17 bits per heavy atom. The van der Waals surface area contributed by atoms with E-state index in [9.17, 15) is 8.78 Å². The molecular formula is C13H14F2N2S. The first kappa shape index (κ1) is 13.1. The molecule has 2 atom stereocenters. The summed E-state index contributed by atoms with van der Waals surface area (Å²) < 4.78 is 27.2. The number of benzene rings is 1. The quantitative estimate of drug-likeness (QED) is 0.911. The second-order valence-corrected chi connectivity index (χ2v) is 5.04. The van der Waals surface area contributed by atoms with Crippen molar-refractivity contribution in [2.24, 2.45) is 0 Å². The normalized spacial score (nSPS) is 14.4. The average molecular weight is 268 g/mol. The second kappa shape index (κ2) is 5.54. The van der Waals surface area contributed by atoms with Gasteiger partial charge in [0.1, 0.15) is 16.6 Å². The maximum atomic E-state index is 13.6. The summed E-state index contributed by atoms with van der Waals surface area (Å²) in [5.74, 6) is -1.05. The van der Waals surface area contributed by atoms with E-state index >= 15 is 0 Å². The van der Waals surface area contributed by atoms with Crippen molar-refractivity contribution in [3.8, 4) is 0 Å². The van der Waals surface area contributed by atoms with Crippen molar-refractivity contribution in [3.05, 3.63) is 52.0 Å². The largest absolute Gasteiger partial charge is 0.301 e. The summed E-state index contributed by atoms with van der Waals surface area (Å²) in [6.07, 6.45) is 1.71. The lowest BCUT2D eigenvalue weighted by molar-refractivity contribution is 0.449. The van der Waals surface area contributed by atoms with E-state index in [1.807, 2.05) is 12.3 Å². The van der Waals surface area contributed by atoms with E-state index in [0.29, 0.717) is 0 Å². The molecule has 1 aromatic heterocycles. The number of nitrogens with one attached hydrogen (secondary N) is 1. The molecule has 0 aliphatic rings. The molecule has 18 heavy (non-hydrogen) atoms. The summed E-state index contributed by atoms with van der Waals surface area (Å²) in [5, 5.41) is 5.93. The Morgan fingerprint density at radius 3 is 2.39 bits per heavy atom. The minimum Gasteiger partial charge on any atom is -0.301 e. The average Bonchev–Trinajstić information content (AvgIpc) is 2.81. The van der Waals surface area contributed by atoms with E-state index in [1.54, 1.807) is 13.1 Å². The molecule has 5 heteroatoms. The highest BCUT2D eigenvalue weighted by Gasteiger charge is 2.18. The molecule has 1 aromatic carbocycles. The van der Waals surface area contributed by atoms with Crippen molar-refractivity contribution in [2.75, 3.05) is 0 Å². The Kier molecular flexibility index (Phi) is 4.04. The van der Waals surface area contributed by atoms with Gasteiger partial charge in [-0.2, -0.15) is 0 Å². The third-order valence-electron chi connectivity index (χ3n) is 2.75. The van der Waals surface area contributed by atoms with Crippen molar-refractivity contribution in [1.82, 2.24) is 10.3 Å². The number of hydrogen-bond donors (Lipinski definition) is 1. The van der Waals surface area contributed by atoms with E-state index < -0.39 is 17.7 Å². The third kappa shape index (κ3) is 2.73. The standard InChI is InChI=1S/C13H14F2N2S/c1-8(12-10(14)4-3-5-11(12)15)17-9(2)13-16-6-7-18-13/h3-9,17H,1-2H3. The third-order valence-corrected chi connectivity index (χ3v) is 3.71. The van der Waals surface area contributed by atoms with Crippen LogP contribution < -0.4 is 5.32 Å². The van der Waals surface area contributed by atoms with Crippen molar-refractivity contribution in [2.45, 2.75) is 25.9 Å². The predicted octanol–water partition coefficient (Wildman–Crippen LogP) is 3.83. The predicted molar refractivity (Wildman–Crippen MR) is 68.4 cm³/mol. The Balaban J connectivity index is 2.15. The van der Waals surface area contributed by atoms with Crippen LogP contribution >= 0.6 is 11.3 Å². The molecule has 0 saturated carbocycles. The lowest BCUT2D eigenvalue weighted by Crippen LogP contribution is -2.24. The number of nitrogens with zero attached hydrogens (tertiary/aromatic N) is 1. The van der Waals surface area contributed by atoms with Gasteiger partial charge in [0.2, 0.25) is 0 Å². The van der Waals surface area contributed by atoms with Crippen molar-refractivity contribution < 1.29 is 8.78 Å². The summed E-state index contributed by atoms with van der Waals surface area (Å²) in [7, 11) is 0. The van der Waals surface area contributed by atoms with E-state index in [4.69, 9.17) is 0 Å².